The Balaban J connectivity index is 2.19. The number of hydrogen-bond acceptors (Lipinski definition) is 4. The molecule has 2 N–H and O–H groups in total. The Morgan fingerprint density at radius 2 is 2.11 bits per heavy atom. The van der Waals surface area contributed by atoms with Gasteiger partial charge in [0.1, 0.15) is 5.75 Å². The average Bonchev–Trinajstić information content (AvgIpc) is 2.72. The van der Waals surface area contributed by atoms with Crippen LogP contribution in [-0.4, -0.2) is 23.1 Å². The molecule has 19 heavy (non-hydrogen) atoms. The first-order valence-electron chi connectivity index (χ1n) is 5.79. The number of rotatable bonds is 2. The SMILES string of the molecule is COc1cncc(C2(O)C(=O)Nc3ccccc32)c1. The van der Waals surface area contributed by atoms with E-state index >= 15 is 0 Å². The largest absolute Gasteiger partial charge is 0.495 e. The average molecular weight is 256 g/mol. The number of hydrogen-bond donors (Lipinski definition) is 2. The van der Waals surface area contributed by atoms with E-state index in [4.69, 9.17) is 4.74 Å². The maximum atomic E-state index is 12.1. The van der Waals surface area contributed by atoms with Crippen LogP contribution in [0.5, 0.6) is 5.75 Å². The smallest absolute Gasteiger partial charge is 0.265 e. The van der Waals surface area contributed by atoms with Crippen molar-refractivity contribution in [2.24, 2.45) is 0 Å². The van der Waals surface area contributed by atoms with Gasteiger partial charge in [-0.05, 0) is 12.1 Å². The Labute approximate surface area is 109 Å². The lowest BCUT2D eigenvalue weighted by Gasteiger charge is -2.21. The number of carbonyl (C=O) groups is 1. The zero-order valence-corrected chi connectivity index (χ0v) is 10.3. The van der Waals surface area contributed by atoms with Crippen LogP contribution in [0.15, 0.2) is 42.7 Å². The molecule has 1 amide bonds. The van der Waals surface area contributed by atoms with Crippen LogP contribution in [0.25, 0.3) is 0 Å². The van der Waals surface area contributed by atoms with Crippen LogP contribution in [-0.2, 0) is 10.4 Å². The van der Waals surface area contributed by atoms with E-state index in [1.165, 1.54) is 19.5 Å². The predicted molar refractivity (Wildman–Crippen MR) is 68.9 cm³/mol. The molecule has 5 heteroatoms. The van der Waals surface area contributed by atoms with Gasteiger partial charge in [0.15, 0.2) is 5.60 Å². The van der Waals surface area contributed by atoms with E-state index < -0.39 is 11.5 Å². The summed E-state index contributed by atoms with van der Waals surface area (Å²) in [4.78, 5) is 16.1. The molecule has 1 aromatic heterocycles. The molecule has 1 unspecified atom stereocenters. The van der Waals surface area contributed by atoms with Crippen molar-refractivity contribution in [2.75, 3.05) is 12.4 Å². The van der Waals surface area contributed by atoms with Crippen LogP contribution < -0.4 is 10.1 Å². The highest BCUT2D eigenvalue weighted by atomic mass is 16.5. The lowest BCUT2D eigenvalue weighted by molar-refractivity contribution is -0.129. The van der Waals surface area contributed by atoms with Crippen LogP contribution in [0.4, 0.5) is 5.69 Å². The monoisotopic (exact) mass is 256 g/mol. The van der Waals surface area contributed by atoms with E-state index in [9.17, 15) is 9.90 Å². The van der Waals surface area contributed by atoms with Crippen molar-refractivity contribution in [3.05, 3.63) is 53.9 Å². The van der Waals surface area contributed by atoms with E-state index in [0.29, 0.717) is 22.6 Å². The summed E-state index contributed by atoms with van der Waals surface area (Å²) in [5.41, 5.74) is -0.208. The summed E-state index contributed by atoms with van der Waals surface area (Å²) in [6, 6.07) is 8.65. The van der Waals surface area contributed by atoms with E-state index in [0.717, 1.165) is 0 Å². The summed E-state index contributed by atoms with van der Waals surface area (Å²) in [6.07, 6.45) is 2.98. The molecule has 1 atom stereocenters. The fourth-order valence-corrected chi connectivity index (χ4v) is 2.26. The van der Waals surface area contributed by atoms with Gasteiger partial charge in [0, 0.05) is 23.0 Å². The summed E-state index contributed by atoms with van der Waals surface area (Å²) >= 11 is 0. The van der Waals surface area contributed by atoms with Gasteiger partial charge in [-0.3, -0.25) is 9.78 Å². The lowest BCUT2D eigenvalue weighted by Crippen LogP contribution is -2.35. The third-order valence-corrected chi connectivity index (χ3v) is 3.26. The van der Waals surface area contributed by atoms with Crippen LogP contribution in [0.2, 0.25) is 0 Å². The van der Waals surface area contributed by atoms with E-state index in [2.05, 4.69) is 10.3 Å². The molecular weight excluding hydrogens is 244 g/mol. The van der Waals surface area contributed by atoms with Gasteiger partial charge in [0.25, 0.3) is 5.91 Å². The minimum atomic E-state index is -1.72. The normalized spacial score (nSPS) is 20.8. The highest BCUT2D eigenvalue weighted by Crippen LogP contribution is 2.40. The number of amides is 1. The van der Waals surface area contributed by atoms with E-state index in [1.807, 2.05) is 0 Å². The number of methoxy groups -OCH3 is 1. The molecule has 1 aliphatic heterocycles. The number of pyridine rings is 1. The Hall–Kier alpha value is -2.40. The summed E-state index contributed by atoms with van der Waals surface area (Å²) in [5.74, 6) is 0.00635. The first-order chi connectivity index (χ1) is 9.16. The Kier molecular flexibility index (Phi) is 2.50. The van der Waals surface area contributed by atoms with Crippen molar-refractivity contribution < 1.29 is 14.6 Å². The van der Waals surface area contributed by atoms with Crippen LogP contribution in [0, 0.1) is 0 Å². The number of fused-ring (bicyclic) bond motifs is 1. The number of benzene rings is 1. The molecule has 0 saturated carbocycles. The second-order valence-corrected chi connectivity index (χ2v) is 4.32. The maximum absolute atomic E-state index is 12.1. The first kappa shape index (κ1) is 11.7. The standard InChI is InChI=1S/C14H12N2O3/c1-19-10-6-9(7-15-8-10)14(18)11-4-2-3-5-12(11)16-13(14)17/h2-8,18H,1H3,(H,16,17). The third-order valence-electron chi connectivity index (χ3n) is 3.26. The Bertz CT molecular complexity index is 657. The fraction of sp³-hybridized carbons (Fsp3) is 0.143. The molecule has 0 aliphatic carbocycles. The van der Waals surface area contributed by atoms with Gasteiger partial charge in [0.05, 0.1) is 13.3 Å². The topological polar surface area (TPSA) is 71.5 Å². The van der Waals surface area contributed by atoms with Gasteiger partial charge in [-0.25, -0.2) is 0 Å². The number of carbonyl (C=O) groups excluding carboxylic acids is 1. The lowest BCUT2D eigenvalue weighted by atomic mass is 9.88. The zero-order chi connectivity index (χ0) is 13.5. The first-order valence-corrected chi connectivity index (χ1v) is 5.79. The van der Waals surface area contributed by atoms with E-state index in [1.54, 1.807) is 30.3 Å². The van der Waals surface area contributed by atoms with Crippen molar-refractivity contribution in [2.45, 2.75) is 5.60 Å². The second kappa shape index (κ2) is 4.07. The van der Waals surface area contributed by atoms with Crippen molar-refractivity contribution in [3.63, 3.8) is 0 Å². The minimum absolute atomic E-state index is 0.384. The van der Waals surface area contributed by atoms with Crippen molar-refractivity contribution in [1.82, 2.24) is 4.98 Å². The second-order valence-electron chi connectivity index (χ2n) is 4.32. The number of nitrogens with one attached hydrogen (secondary N) is 1. The molecule has 0 bridgehead atoms. The van der Waals surface area contributed by atoms with Crippen LogP contribution in [0.3, 0.4) is 0 Å². The maximum Gasteiger partial charge on any atom is 0.265 e. The summed E-state index contributed by atoms with van der Waals surface area (Å²) in [6.45, 7) is 0. The fourth-order valence-electron chi connectivity index (χ4n) is 2.26. The van der Waals surface area contributed by atoms with Gasteiger partial charge < -0.3 is 15.2 Å². The van der Waals surface area contributed by atoms with Crippen LogP contribution in [0.1, 0.15) is 11.1 Å². The Morgan fingerprint density at radius 3 is 2.89 bits per heavy atom. The van der Waals surface area contributed by atoms with Crippen molar-refractivity contribution in [3.8, 4) is 5.75 Å². The molecule has 5 nitrogen and oxygen atoms in total. The molecule has 0 fully saturated rings. The zero-order valence-electron chi connectivity index (χ0n) is 10.3. The summed E-state index contributed by atoms with van der Waals surface area (Å²) in [5, 5.41) is 13.5. The highest BCUT2D eigenvalue weighted by Gasteiger charge is 2.47. The highest BCUT2D eigenvalue weighted by molar-refractivity contribution is 6.07. The molecule has 1 aliphatic rings. The molecule has 3 rings (SSSR count). The molecule has 0 radical (unpaired) electrons. The number of aliphatic hydroxyl groups is 1. The third kappa shape index (κ3) is 1.59. The summed E-state index contributed by atoms with van der Waals surface area (Å²) < 4.78 is 5.08. The summed E-state index contributed by atoms with van der Waals surface area (Å²) in [7, 11) is 1.51. The molecular formula is C14H12N2O3. The number of anilines is 1. The molecule has 1 aromatic carbocycles. The van der Waals surface area contributed by atoms with Gasteiger partial charge in [-0.1, -0.05) is 18.2 Å². The quantitative estimate of drug-likeness (QED) is 0.849. The number of aromatic nitrogens is 1. The van der Waals surface area contributed by atoms with Crippen molar-refractivity contribution in [1.29, 1.82) is 0 Å². The molecule has 0 spiro atoms. The minimum Gasteiger partial charge on any atom is -0.495 e. The van der Waals surface area contributed by atoms with Gasteiger partial charge in [-0.2, -0.15) is 0 Å². The molecule has 2 heterocycles. The predicted octanol–water partition coefficient (Wildman–Crippen LogP) is 1.28. The number of para-hydroxylation sites is 1. The van der Waals surface area contributed by atoms with Gasteiger partial charge >= 0.3 is 0 Å². The number of nitrogens with zero attached hydrogens (tertiary/aromatic N) is 1. The van der Waals surface area contributed by atoms with E-state index in [-0.39, 0.29) is 0 Å². The van der Waals surface area contributed by atoms with Gasteiger partial charge in [-0.15, -0.1) is 0 Å². The molecule has 0 saturated heterocycles. The number of ether oxygens (including phenoxy) is 1. The Morgan fingerprint density at radius 1 is 1.32 bits per heavy atom. The van der Waals surface area contributed by atoms with Crippen molar-refractivity contribution >= 4 is 11.6 Å². The van der Waals surface area contributed by atoms with Crippen LogP contribution >= 0.6 is 0 Å². The molecule has 96 valence electrons. The van der Waals surface area contributed by atoms with Gasteiger partial charge in [0.2, 0.25) is 0 Å². The molecule has 2 aromatic rings.